The molecule has 1 unspecified atom stereocenters. The maximum atomic E-state index is 5.80. The number of benzene rings is 1. The second kappa shape index (κ2) is 6.91. The Hall–Kier alpha value is -2.07. The van der Waals surface area contributed by atoms with Gasteiger partial charge in [-0.1, -0.05) is 12.1 Å². The molecule has 4 heteroatoms. The molecule has 1 N–H and O–H groups in total. The van der Waals surface area contributed by atoms with Gasteiger partial charge < -0.3 is 14.8 Å². The SMILES string of the molecule is CNC(C)c1ccc(OCc2cccnc2)c(OC)c1. The van der Waals surface area contributed by atoms with Gasteiger partial charge in [0.25, 0.3) is 0 Å². The van der Waals surface area contributed by atoms with Crippen molar-refractivity contribution in [2.75, 3.05) is 14.2 Å². The van der Waals surface area contributed by atoms with Crippen molar-refractivity contribution < 1.29 is 9.47 Å². The zero-order chi connectivity index (χ0) is 14.4. The molecule has 0 radical (unpaired) electrons. The molecule has 0 fully saturated rings. The molecule has 4 nitrogen and oxygen atoms in total. The molecule has 0 amide bonds. The summed E-state index contributed by atoms with van der Waals surface area (Å²) in [6.45, 7) is 2.58. The maximum Gasteiger partial charge on any atom is 0.161 e. The van der Waals surface area contributed by atoms with Crippen LogP contribution in [0.3, 0.4) is 0 Å². The van der Waals surface area contributed by atoms with Gasteiger partial charge in [0, 0.05) is 24.0 Å². The van der Waals surface area contributed by atoms with E-state index in [1.54, 1.807) is 19.5 Å². The van der Waals surface area contributed by atoms with Crippen LogP contribution in [0.5, 0.6) is 11.5 Å². The number of pyridine rings is 1. The Bertz CT molecular complexity index is 543. The summed E-state index contributed by atoms with van der Waals surface area (Å²) in [6.07, 6.45) is 3.54. The second-order valence-corrected chi connectivity index (χ2v) is 4.57. The van der Waals surface area contributed by atoms with Crippen molar-refractivity contribution >= 4 is 0 Å². The number of nitrogens with zero attached hydrogens (tertiary/aromatic N) is 1. The number of ether oxygens (including phenoxy) is 2. The summed E-state index contributed by atoms with van der Waals surface area (Å²) >= 11 is 0. The fraction of sp³-hybridized carbons (Fsp3) is 0.312. The van der Waals surface area contributed by atoms with E-state index >= 15 is 0 Å². The Morgan fingerprint density at radius 2 is 2.10 bits per heavy atom. The van der Waals surface area contributed by atoms with Crippen LogP contribution in [-0.4, -0.2) is 19.1 Å². The topological polar surface area (TPSA) is 43.4 Å². The third kappa shape index (κ3) is 3.48. The number of rotatable bonds is 6. The lowest BCUT2D eigenvalue weighted by atomic mass is 10.1. The molecule has 1 heterocycles. The van der Waals surface area contributed by atoms with Crippen LogP contribution in [-0.2, 0) is 6.61 Å². The Labute approximate surface area is 119 Å². The van der Waals surface area contributed by atoms with Crippen molar-refractivity contribution in [1.82, 2.24) is 10.3 Å². The normalized spacial score (nSPS) is 11.9. The largest absolute Gasteiger partial charge is 0.493 e. The average molecular weight is 272 g/mol. The summed E-state index contributed by atoms with van der Waals surface area (Å²) in [4.78, 5) is 4.07. The van der Waals surface area contributed by atoms with Gasteiger partial charge in [-0.3, -0.25) is 4.98 Å². The van der Waals surface area contributed by atoms with Gasteiger partial charge in [-0.2, -0.15) is 0 Å². The molecular formula is C16H20N2O2. The third-order valence-corrected chi connectivity index (χ3v) is 3.24. The van der Waals surface area contributed by atoms with Crippen LogP contribution in [0, 0.1) is 0 Å². The number of aromatic nitrogens is 1. The van der Waals surface area contributed by atoms with Crippen molar-refractivity contribution in [3.8, 4) is 11.5 Å². The first kappa shape index (κ1) is 14.3. The first-order valence-electron chi connectivity index (χ1n) is 6.61. The second-order valence-electron chi connectivity index (χ2n) is 4.57. The van der Waals surface area contributed by atoms with Crippen molar-refractivity contribution in [1.29, 1.82) is 0 Å². The number of methoxy groups -OCH3 is 1. The highest BCUT2D eigenvalue weighted by Crippen LogP contribution is 2.30. The average Bonchev–Trinajstić information content (AvgIpc) is 2.53. The third-order valence-electron chi connectivity index (χ3n) is 3.24. The van der Waals surface area contributed by atoms with E-state index in [1.807, 2.05) is 37.4 Å². The van der Waals surface area contributed by atoms with E-state index in [-0.39, 0.29) is 6.04 Å². The molecule has 1 aromatic carbocycles. The zero-order valence-electron chi connectivity index (χ0n) is 12.1. The molecule has 2 rings (SSSR count). The van der Waals surface area contributed by atoms with Crippen LogP contribution in [0.4, 0.5) is 0 Å². The Morgan fingerprint density at radius 1 is 1.25 bits per heavy atom. The molecule has 0 spiro atoms. The lowest BCUT2D eigenvalue weighted by Crippen LogP contribution is -2.12. The van der Waals surface area contributed by atoms with E-state index < -0.39 is 0 Å². The highest BCUT2D eigenvalue weighted by molar-refractivity contribution is 5.43. The predicted octanol–water partition coefficient (Wildman–Crippen LogP) is 2.95. The van der Waals surface area contributed by atoms with Gasteiger partial charge in [0.1, 0.15) is 6.61 Å². The molecule has 0 bridgehead atoms. The van der Waals surface area contributed by atoms with Crippen LogP contribution in [0.25, 0.3) is 0 Å². The quantitative estimate of drug-likeness (QED) is 0.878. The number of hydrogen-bond donors (Lipinski definition) is 1. The van der Waals surface area contributed by atoms with Gasteiger partial charge in [0.05, 0.1) is 7.11 Å². The smallest absolute Gasteiger partial charge is 0.161 e. The summed E-state index contributed by atoms with van der Waals surface area (Å²) in [6, 6.07) is 10.1. The fourth-order valence-electron chi connectivity index (χ4n) is 1.88. The van der Waals surface area contributed by atoms with Gasteiger partial charge in [-0.25, -0.2) is 0 Å². The maximum absolute atomic E-state index is 5.80. The zero-order valence-corrected chi connectivity index (χ0v) is 12.1. The predicted molar refractivity (Wildman–Crippen MR) is 79.0 cm³/mol. The molecule has 0 aliphatic rings. The minimum atomic E-state index is 0.274. The highest BCUT2D eigenvalue weighted by atomic mass is 16.5. The lowest BCUT2D eigenvalue weighted by molar-refractivity contribution is 0.284. The molecule has 0 saturated carbocycles. The van der Waals surface area contributed by atoms with Crippen LogP contribution in [0.1, 0.15) is 24.1 Å². The van der Waals surface area contributed by atoms with Gasteiger partial charge in [0.2, 0.25) is 0 Å². The van der Waals surface area contributed by atoms with E-state index in [0.717, 1.165) is 22.6 Å². The van der Waals surface area contributed by atoms with E-state index in [1.165, 1.54) is 0 Å². The van der Waals surface area contributed by atoms with Crippen molar-refractivity contribution in [3.63, 3.8) is 0 Å². The molecule has 0 aliphatic heterocycles. The minimum absolute atomic E-state index is 0.274. The van der Waals surface area contributed by atoms with Crippen molar-refractivity contribution in [2.24, 2.45) is 0 Å². The molecule has 1 atom stereocenters. The molecule has 2 aromatic rings. The molecule has 0 saturated heterocycles. The highest BCUT2D eigenvalue weighted by Gasteiger charge is 2.09. The molecule has 20 heavy (non-hydrogen) atoms. The molecular weight excluding hydrogens is 252 g/mol. The summed E-state index contributed by atoms with van der Waals surface area (Å²) in [5.41, 5.74) is 2.19. The number of nitrogens with one attached hydrogen (secondary N) is 1. The van der Waals surface area contributed by atoms with E-state index in [2.05, 4.69) is 17.2 Å². The molecule has 0 aliphatic carbocycles. The lowest BCUT2D eigenvalue weighted by Gasteiger charge is -2.15. The molecule has 1 aromatic heterocycles. The first-order valence-corrected chi connectivity index (χ1v) is 6.61. The van der Waals surface area contributed by atoms with Crippen LogP contribution in [0.15, 0.2) is 42.7 Å². The van der Waals surface area contributed by atoms with Gasteiger partial charge in [-0.15, -0.1) is 0 Å². The van der Waals surface area contributed by atoms with Crippen LogP contribution < -0.4 is 14.8 Å². The minimum Gasteiger partial charge on any atom is -0.493 e. The monoisotopic (exact) mass is 272 g/mol. The summed E-state index contributed by atoms with van der Waals surface area (Å²) in [7, 11) is 3.59. The first-order chi connectivity index (χ1) is 9.74. The Balaban J connectivity index is 2.11. The Morgan fingerprint density at radius 3 is 2.75 bits per heavy atom. The Kier molecular flexibility index (Phi) is 4.96. The van der Waals surface area contributed by atoms with Gasteiger partial charge >= 0.3 is 0 Å². The summed E-state index contributed by atoms with van der Waals surface area (Å²) in [5, 5.41) is 3.21. The van der Waals surface area contributed by atoms with Gasteiger partial charge in [0.15, 0.2) is 11.5 Å². The van der Waals surface area contributed by atoms with Crippen LogP contribution >= 0.6 is 0 Å². The summed E-state index contributed by atoms with van der Waals surface area (Å²) < 4.78 is 11.2. The van der Waals surface area contributed by atoms with Gasteiger partial charge in [-0.05, 0) is 37.7 Å². The van der Waals surface area contributed by atoms with E-state index in [9.17, 15) is 0 Å². The standard InChI is InChI=1S/C16H20N2O2/c1-12(17-2)14-6-7-15(16(9-14)19-3)20-11-13-5-4-8-18-10-13/h4-10,12,17H,11H2,1-3H3. The number of hydrogen-bond acceptors (Lipinski definition) is 4. The fourth-order valence-corrected chi connectivity index (χ4v) is 1.88. The van der Waals surface area contributed by atoms with E-state index in [0.29, 0.717) is 6.61 Å². The van der Waals surface area contributed by atoms with E-state index in [4.69, 9.17) is 9.47 Å². The summed E-state index contributed by atoms with van der Waals surface area (Å²) in [5.74, 6) is 1.48. The van der Waals surface area contributed by atoms with Crippen molar-refractivity contribution in [2.45, 2.75) is 19.6 Å². The molecule has 106 valence electrons. The van der Waals surface area contributed by atoms with Crippen molar-refractivity contribution in [3.05, 3.63) is 53.9 Å². The van der Waals surface area contributed by atoms with Crippen LogP contribution in [0.2, 0.25) is 0 Å².